The number of amides is 1. The quantitative estimate of drug-likeness (QED) is 0.885. The number of thiazole rings is 1. The number of aromatic nitrogens is 1. The minimum Gasteiger partial charge on any atom is -0.342 e. The van der Waals surface area contributed by atoms with Gasteiger partial charge < -0.3 is 10.2 Å². The number of benzene rings is 1. The van der Waals surface area contributed by atoms with Crippen LogP contribution in [0.1, 0.15) is 31.4 Å². The molecule has 2 bridgehead atoms. The maximum Gasteiger partial charge on any atom is 0.228 e. The van der Waals surface area contributed by atoms with Crippen molar-refractivity contribution in [1.29, 1.82) is 0 Å². The number of fused-ring (bicyclic) bond motifs is 2. The van der Waals surface area contributed by atoms with E-state index in [9.17, 15) is 4.79 Å². The molecular weight excluding hydrogens is 354 g/mol. The lowest BCUT2D eigenvalue weighted by Crippen LogP contribution is -2.49. The van der Waals surface area contributed by atoms with Gasteiger partial charge in [0, 0.05) is 41.1 Å². The topological polar surface area (TPSA) is 45.2 Å². The molecule has 25 heavy (non-hydrogen) atoms. The minimum absolute atomic E-state index is 0.166. The molecule has 3 heterocycles. The van der Waals surface area contributed by atoms with Gasteiger partial charge in [-0.3, -0.25) is 4.79 Å². The fourth-order valence-corrected chi connectivity index (χ4v) is 4.89. The minimum atomic E-state index is 0.166. The second-order valence-corrected chi connectivity index (χ2v) is 8.39. The third-order valence-corrected chi connectivity index (χ3v) is 6.56. The Morgan fingerprint density at radius 3 is 2.64 bits per heavy atom. The van der Waals surface area contributed by atoms with Gasteiger partial charge in [-0.2, -0.15) is 0 Å². The van der Waals surface area contributed by atoms with Gasteiger partial charge in [0.2, 0.25) is 5.91 Å². The third kappa shape index (κ3) is 3.73. The molecule has 0 spiro atoms. The number of carbonyl (C=O) groups excluding carboxylic acids is 1. The van der Waals surface area contributed by atoms with E-state index in [1.807, 2.05) is 41.6 Å². The van der Waals surface area contributed by atoms with Crippen LogP contribution in [0.2, 0.25) is 5.02 Å². The summed E-state index contributed by atoms with van der Waals surface area (Å²) >= 11 is 7.51. The molecule has 1 N–H and O–H groups in total. The highest BCUT2D eigenvalue weighted by Crippen LogP contribution is 2.30. The van der Waals surface area contributed by atoms with Crippen LogP contribution in [0.25, 0.3) is 10.6 Å². The van der Waals surface area contributed by atoms with E-state index in [2.05, 4.69) is 10.3 Å². The van der Waals surface area contributed by atoms with Crippen molar-refractivity contribution in [1.82, 2.24) is 15.2 Å². The van der Waals surface area contributed by atoms with Crippen molar-refractivity contribution in [2.45, 2.75) is 50.2 Å². The van der Waals surface area contributed by atoms with Crippen LogP contribution in [0, 0.1) is 0 Å². The number of piperidine rings is 1. The van der Waals surface area contributed by atoms with Gasteiger partial charge in [0.15, 0.2) is 0 Å². The van der Waals surface area contributed by atoms with Gasteiger partial charge in [-0.15, -0.1) is 11.3 Å². The molecule has 1 amide bonds. The van der Waals surface area contributed by atoms with Gasteiger partial charge in [-0.1, -0.05) is 23.7 Å². The summed E-state index contributed by atoms with van der Waals surface area (Å²) in [6.45, 7) is 0. The van der Waals surface area contributed by atoms with Crippen molar-refractivity contribution in [3.8, 4) is 10.6 Å². The fraction of sp³-hybridized carbons (Fsp3) is 0.474. The molecule has 132 valence electrons. The standard InChI is InChI=1S/C19H22ClN3OS/c1-23(17-8-14-6-7-15(9-17)21-14)18(24)10-16-11-25-19(22-16)12-2-4-13(20)5-3-12/h2-5,11,14-15,17,21H,6-10H2,1H3. The van der Waals surface area contributed by atoms with Crippen LogP contribution < -0.4 is 5.32 Å². The van der Waals surface area contributed by atoms with E-state index in [0.29, 0.717) is 29.6 Å². The Hall–Kier alpha value is -1.43. The van der Waals surface area contributed by atoms with E-state index < -0.39 is 0 Å². The van der Waals surface area contributed by atoms with E-state index in [1.165, 1.54) is 12.8 Å². The molecular formula is C19H22ClN3OS. The third-order valence-electron chi connectivity index (χ3n) is 5.36. The Bertz CT molecular complexity index is 748. The van der Waals surface area contributed by atoms with Crippen molar-refractivity contribution in [2.75, 3.05) is 7.05 Å². The van der Waals surface area contributed by atoms with Crippen LogP contribution in [-0.2, 0) is 11.2 Å². The lowest BCUT2D eigenvalue weighted by Gasteiger charge is -2.35. The first-order valence-electron chi connectivity index (χ1n) is 8.80. The molecule has 2 atom stereocenters. The van der Waals surface area contributed by atoms with Crippen LogP contribution in [-0.4, -0.2) is 41.0 Å². The molecule has 2 fully saturated rings. The van der Waals surface area contributed by atoms with E-state index in [0.717, 1.165) is 29.1 Å². The van der Waals surface area contributed by atoms with Gasteiger partial charge in [0.25, 0.3) is 0 Å². The van der Waals surface area contributed by atoms with E-state index in [1.54, 1.807) is 11.3 Å². The van der Waals surface area contributed by atoms with Crippen LogP contribution in [0.5, 0.6) is 0 Å². The predicted octanol–water partition coefficient (Wildman–Crippen LogP) is 3.75. The molecule has 6 heteroatoms. The number of nitrogens with one attached hydrogen (secondary N) is 1. The van der Waals surface area contributed by atoms with Gasteiger partial charge in [-0.05, 0) is 37.8 Å². The summed E-state index contributed by atoms with van der Waals surface area (Å²) in [5.41, 5.74) is 1.89. The maximum absolute atomic E-state index is 12.7. The Morgan fingerprint density at radius 1 is 1.28 bits per heavy atom. The molecule has 2 saturated heterocycles. The summed E-state index contributed by atoms with van der Waals surface area (Å²) in [5, 5.41) is 7.27. The van der Waals surface area contributed by atoms with Gasteiger partial charge in [0.1, 0.15) is 5.01 Å². The van der Waals surface area contributed by atoms with E-state index in [-0.39, 0.29) is 5.91 Å². The largest absolute Gasteiger partial charge is 0.342 e. The van der Waals surface area contributed by atoms with Crippen LogP contribution in [0.4, 0.5) is 0 Å². The zero-order valence-electron chi connectivity index (χ0n) is 14.2. The number of likely N-dealkylation sites (N-methyl/N-ethyl adjacent to an activating group) is 1. The van der Waals surface area contributed by atoms with Crippen LogP contribution >= 0.6 is 22.9 Å². The Kier molecular flexibility index (Phi) is 4.80. The highest BCUT2D eigenvalue weighted by Gasteiger charge is 2.36. The molecule has 1 aromatic heterocycles. The summed E-state index contributed by atoms with van der Waals surface area (Å²) in [5.74, 6) is 0.166. The van der Waals surface area contributed by atoms with Crippen molar-refractivity contribution in [3.63, 3.8) is 0 Å². The first-order chi connectivity index (χ1) is 12.1. The number of halogens is 1. The zero-order valence-corrected chi connectivity index (χ0v) is 15.8. The lowest BCUT2D eigenvalue weighted by atomic mass is 9.98. The highest BCUT2D eigenvalue weighted by molar-refractivity contribution is 7.13. The number of rotatable bonds is 4. The summed E-state index contributed by atoms with van der Waals surface area (Å²) in [4.78, 5) is 19.3. The molecule has 2 aliphatic heterocycles. The highest BCUT2D eigenvalue weighted by atomic mass is 35.5. The lowest BCUT2D eigenvalue weighted by molar-refractivity contribution is -0.132. The second kappa shape index (κ2) is 7.06. The molecule has 4 rings (SSSR count). The van der Waals surface area contributed by atoms with Crippen LogP contribution in [0.15, 0.2) is 29.6 Å². The number of nitrogens with zero attached hydrogens (tertiary/aromatic N) is 2. The molecule has 0 saturated carbocycles. The summed E-state index contributed by atoms with van der Waals surface area (Å²) < 4.78 is 0. The molecule has 1 aromatic carbocycles. The zero-order chi connectivity index (χ0) is 17.4. The molecule has 2 unspecified atom stereocenters. The Morgan fingerprint density at radius 2 is 1.96 bits per heavy atom. The first kappa shape index (κ1) is 17.0. The normalized spacial score (nSPS) is 25.1. The van der Waals surface area contributed by atoms with Crippen molar-refractivity contribution >= 4 is 28.8 Å². The van der Waals surface area contributed by atoms with Crippen molar-refractivity contribution < 1.29 is 4.79 Å². The molecule has 2 aromatic rings. The predicted molar refractivity (Wildman–Crippen MR) is 102 cm³/mol. The van der Waals surface area contributed by atoms with E-state index in [4.69, 9.17) is 11.6 Å². The van der Waals surface area contributed by atoms with Gasteiger partial charge >= 0.3 is 0 Å². The Balaban J connectivity index is 1.40. The molecule has 0 aliphatic carbocycles. The average Bonchev–Trinajstić information content (AvgIpc) is 3.21. The number of hydrogen-bond acceptors (Lipinski definition) is 4. The first-order valence-corrected chi connectivity index (χ1v) is 10.1. The smallest absolute Gasteiger partial charge is 0.228 e. The SMILES string of the molecule is CN(C(=O)Cc1csc(-c2ccc(Cl)cc2)n1)C1CC2CCC(C1)N2. The average molecular weight is 376 g/mol. The monoisotopic (exact) mass is 375 g/mol. The molecule has 0 radical (unpaired) electrons. The summed E-state index contributed by atoms with van der Waals surface area (Å²) in [6.07, 6.45) is 5.02. The number of carbonyl (C=O) groups is 1. The van der Waals surface area contributed by atoms with E-state index >= 15 is 0 Å². The fourth-order valence-electron chi connectivity index (χ4n) is 3.94. The second-order valence-electron chi connectivity index (χ2n) is 7.10. The van der Waals surface area contributed by atoms with Gasteiger partial charge in [-0.25, -0.2) is 4.98 Å². The summed E-state index contributed by atoms with van der Waals surface area (Å²) in [7, 11) is 1.95. The Labute approximate surface area is 157 Å². The maximum atomic E-state index is 12.7. The van der Waals surface area contributed by atoms with Crippen LogP contribution in [0.3, 0.4) is 0 Å². The number of hydrogen-bond donors (Lipinski definition) is 1. The van der Waals surface area contributed by atoms with Gasteiger partial charge in [0.05, 0.1) is 12.1 Å². The van der Waals surface area contributed by atoms with Crippen molar-refractivity contribution in [2.24, 2.45) is 0 Å². The molecule has 4 nitrogen and oxygen atoms in total. The van der Waals surface area contributed by atoms with Crippen molar-refractivity contribution in [3.05, 3.63) is 40.4 Å². The summed E-state index contributed by atoms with van der Waals surface area (Å²) in [6, 6.07) is 9.20. The molecule has 2 aliphatic rings.